The normalized spacial score (nSPS) is 11.3. The van der Waals surface area contributed by atoms with Crippen LogP contribution in [0.2, 0.25) is 0 Å². The molecule has 1 aromatic heterocycles. The van der Waals surface area contributed by atoms with E-state index < -0.39 is 17.7 Å². The Labute approximate surface area is 114 Å². The number of ether oxygens (including phenoxy) is 1. The monoisotopic (exact) mass is 304 g/mol. The van der Waals surface area contributed by atoms with Gasteiger partial charge in [0.15, 0.2) is 4.88 Å². The molecule has 2 aromatic rings. The van der Waals surface area contributed by atoms with E-state index >= 15 is 0 Å². The summed E-state index contributed by atoms with van der Waals surface area (Å²) in [6, 6.07) is 4.07. The summed E-state index contributed by atoms with van der Waals surface area (Å²) in [5.41, 5.74) is -0.659. The van der Waals surface area contributed by atoms with Gasteiger partial charge in [0.1, 0.15) is 18.1 Å². The standard InChI is InChI=1S/C11H7F3N2O3S/c12-11(13,14)6-1-3-7(4-2-6)19-5-8-9(10(17)18)20-16-15-8/h1-4H,5H2,(H,17,18). The second-order valence-corrected chi connectivity index (χ2v) is 4.42. The first kappa shape index (κ1) is 14.3. The van der Waals surface area contributed by atoms with Gasteiger partial charge in [-0.3, -0.25) is 0 Å². The molecule has 1 aromatic carbocycles. The lowest BCUT2D eigenvalue weighted by Crippen LogP contribution is -2.05. The molecule has 9 heteroatoms. The predicted molar refractivity (Wildman–Crippen MR) is 62.6 cm³/mol. The Kier molecular flexibility index (Phi) is 3.89. The molecule has 0 aliphatic rings. The minimum atomic E-state index is -4.41. The number of carboxylic acid groups (broad SMARTS) is 1. The van der Waals surface area contributed by atoms with Gasteiger partial charge in [-0.2, -0.15) is 13.2 Å². The first-order valence-electron chi connectivity index (χ1n) is 5.22. The zero-order valence-corrected chi connectivity index (χ0v) is 10.5. The second kappa shape index (κ2) is 5.45. The van der Waals surface area contributed by atoms with E-state index in [1.807, 2.05) is 0 Å². The molecule has 106 valence electrons. The maximum atomic E-state index is 12.3. The number of halogens is 3. The van der Waals surface area contributed by atoms with Crippen molar-refractivity contribution in [2.45, 2.75) is 12.8 Å². The molecule has 0 atom stereocenters. The van der Waals surface area contributed by atoms with Gasteiger partial charge < -0.3 is 9.84 Å². The van der Waals surface area contributed by atoms with Gasteiger partial charge in [-0.1, -0.05) is 4.49 Å². The average Bonchev–Trinajstić information content (AvgIpc) is 2.84. The summed E-state index contributed by atoms with van der Waals surface area (Å²) in [6.07, 6.45) is -4.41. The fourth-order valence-corrected chi connectivity index (χ4v) is 1.86. The average molecular weight is 304 g/mol. The number of aromatic nitrogens is 2. The Morgan fingerprint density at radius 1 is 1.30 bits per heavy atom. The topological polar surface area (TPSA) is 72.3 Å². The number of hydrogen-bond donors (Lipinski definition) is 1. The number of rotatable bonds is 4. The van der Waals surface area contributed by atoms with Crippen LogP contribution in [0.5, 0.6) is 5.75 Å². The van der Waals surface area contributed by atoms with Crippen molar-refractivity contribution in [1.82, 2.24) is 9.59 Å². The first-order valence-corrected chi connectivity index (χ1v) is 6.00. The summed E-state index contributed by atoms with van der Waals surface area (Å²) in [4.78, 5) is 10.7. The van der Waals surface area contributed by atoms with E-state index in [-0.39, 0.29) is 22.9 Å². The van der Waals surface area contributed by atoms with Gasteiger partial charge in [-0.05, 0) is 35.8 Å². The van der Waals surface area contributed by atoms with E-state index in [4.69, 9.17) is 9.84 Å². The maximum Gasteiger partial charge on any atom is 0.416 e. The molecule has 0 radical (unpaired) electrons. The summed E-state index contributed by atoms with van der Waals surface area (Å²) in [6.45, 7) is -0.177. The Balaban J connectivity index is 2.04. The van der Waals surface area contributed by atoms with Crippen LogP contribution in [0.1, 0.15) is 20.9 Å². The van der Waals surface area contributed by atoms with Crippen molar-refractivity contribution >= 4 is 17.5 Å². The van der Waals surface area contributed by atoms with E-state index in [2.05, 4.69) is 9.59 Å². The van der Waals surface area contributed by atoms with Crippen molar-refractivity contribution < 1.29 is 27.8 Å². The van der Waals surface area contributed by atoms with Crippen LogP contribution in [0.3, 0.4) is 0 Å². The van der Waals surface area contributed by atoms with Crippen LogP contribution in [-0.2, 0) is 12.8 Å². The van der Waals surface area contributed by atoms with Gasteiger partial charge in [-0.15, -0.1) is 5.10 Å². The maximum absolute atomic E-state index is 12.3. The highest BCUT2D eigenvalue weighted by atomic mass is 32.1. The van der Waals surface area contributed by atoms with Crippen LogP contribution in [0.4, 0.5) is 13.2 Å². The van der Waals surface area contributed by atoms with Crippen LogP contribution in [0, 0.1) is 0 Å². The predicted octanol–water partition coefficient (Wildman–Crippen LogP) is 2.83. The minimum absolute atomic E-state index is 0.0584. The number of aromatic carboxylic acids is 1. The molecule has 0 saturated carbocycles. The lowest BCUT2D eigenvalue weighted by molar-refractivity contribution is -0.137. The smallest absolute Gasteiger partial charge is 0.416 e. The second-order valence-electron chi connectivity index (χ2n) is 3.66. The van der Waals surface area contributed by atoms with E-state index in [0.717, 1.165) is 24.3 Å². The Morgan fingerprint density at radius 2 is 1.95 bits per heavy atom. The van der Waals surface area contributed by atoms with E-state index in [0.29, 0.717) is 11.5 Å². The van der Waals surface area contributed by atoms with Crippen molar-refractivity contribution in [3.63, 3.8) is 0 Å². The SMILES string of the molecule is O=C(O)c1snnc1COc1ccc(C(F)(F)F)cc1. The zero-order valence-electron chi connectivity index (χ0n) is 9.72. The molecule has 20 heavy (non-hydrogen) atoms. The summed E-state index contributed by atoms with van der Waals surface area (Å²) >= 11 is 0.709. The third-order valence-electron chi connectivity index (χ3n) is 2.31. The molecule has 0 spiro atoms. The van der Waals surface area contributed by atoms with Gasteiger partial charge in [0.25, 0.3) is 0 Å². The molecule has 1 N–H and O–H groups in total. The van der Waals surface area contributed by atoms with Crippen LogP contribution in [-0.4, -0.2) is 20.7 Å². The van der Waals surface area contributed by atoms with Gasteiger partial charge in [0, 0.05) is 0 Å². The third-order valence-corrected chi connectivity index (χ3v) is 3.06. The molecule has 0 aliphatic heterocycles. The van der Waals surface area contributed by atoms with Crippen molar-refractivity contribution in [1.29, 1.82) is 0 Å². The Morgan fingerprint density at radius 3 is 2.50 bits per heavy atom. The van der Waals surface area contributed by atoms with E-state index in [1.54, 1.807) is 0 Å². The number of carbonyl (C=O) groups is 1. The molecule has 1 heterocycles. The van der Waals surface area contributed by atoms with Gasteiger partial charge in [0.2, 0.25) is 0 Å². The van der Waals surface area contributed by atoms with Gasteiger partial charge in [0.05, 0.1) is 5.56 Å². The highest BCUT2D eigenvalue weighted by Gasteiger charge is 2.30. The van der Waals surface area contributed by atoms with Crippen molar-refractivity contribution in [3.8, 4) is 5.75 Å². The number of hydrogen-bond acceptors (Lipinski definition) is 5. The van der Waals surface area contributed by atoms with Crippen LogP contribution >= 0.6 is 11.5 Å². The third kappa shape index (κ3) is 3.23. The Hall–Kier alpha value is -2.16. The highest BCUT2D eigenvalue weighted by Crippen LogP contribution is 2.30. The van der Waals surface area contributed by atoms with E-state index in [1.165, 1.54) is 0 Å². The molecular formula is C11H7F3N2O3S. The lowest BCUT2D eigenvalue weighted by atomic mass is 10.2. The fourth-order valence-electron chi connectivity index (χ4n) is 1.36. The molecule has 5 nitrogen and oxygen atoms in total. The summed E-state index contributed by atoms with van der Waals surface area (Å²) in [5, 5.41) is 12.4. The van der Waals surface area contributed by atoms with Crippen LogP contribution in [0.15, 0.2) is 24.3 Å². The molecular weight excluding hydrogens is 297 g/mol. The minimum Gasteiger partial charge on any atom is -0.487 e. The molecule has 0 saturated heterocycles. The van der Waals surface area contributed by atoms with Gasteiger partial charge in [-0.25, -0.2) is 4.79 Å². The molecule has 0 fully saturated rings. The van der Waals surface area contributed by atoms with Crippen LogP contribution in [0.25, 0.3) is 0 Å². The van der Waals surface area contributed by atoms with Crippen molar-refractivity contribution in [3.05, 3.63) is 40.4 Å². The zero-order chi connectivity index (χ0) is 14.8. The number of nitrogens with zero attached hydrogens (tertiary/aromatic N) is 2. The van der Waals surface area contributed by atoms with Crippen molar-refractivity contribution in [2.75, 3.05) is 0 Å². The van der Waals surface area contributed by atoms with Gasteiger partial charge >= 0.3 is 12.1 Å². The first-order chi connectivity index (χ1) is 9.38. The quantitative estimate of drug-likeness (QED) is 0.940. The fraction of sp³-hybridized carbons (Fsp3) is 0.182. The van der Waals surface area contributed by atoms with E-state index in [9.17, 15) is 18.0 Å². The largest absolute Gasteiger partial charge is 0.487 e. The lowest BCUT2D eigenvalue weighted by Gasteiger charge is -2.08. The molecule has 0 bridgehead atoms. The number of alkyl halides is 3. The molecule has 0 unspecified atom stereocenters. The Bertz CT molecular complexity index is 610. The number of carboxylic acids is 1. The van der Waals surface area contributed by atoms with Crippen molar-refractivity contribution in [2.24, 2.45) is 0 Å². The molecule has 2 rings (SSSR count). The molecule has 0 aliphatic carbocycles. The number of benzene rings is 1. The highest BCUT2D eigenvalue weighted by molar-refractivity contribution is 7.07. The molecule has 0 amide bonds. The van der Waals surface area contributed by atoms with Crippen LogP contribution < -0.4 is 4.74 Å². The summed E-state index contributed by atoms with van der Waals surface area (Å²) < 4.78 is 45.7. The summed E-state index contributed by atoms with van der Waals surface area (Å²) in [5.74, 6) is -0.992. The summed E-state index contributed by atoms with van der Waals surface area (Å²) in [7, 11) is 0.